The summed E-state index contributed by atoms with van der Waals surface area (Å²) in [6.45, 7) is 0. The quantitative estimate of drug-likeness (QED) is 0.193. The van der Waals surface area contributed by atoms with E-state index in [0.717, 1.165) is 0 Å². The van der Waals surface area contributed by atoms with E-state index in [1.807, 2.05) is 0 Å². The third-order valence-corrected chi connectivity index (χ3v) is 0. The van der Waals surface area contributed by atoms with Crippen LogP contribution in [0.3, 0.4) is 0 Å². The van der Waals surface area contributed by atoms with E-state index < -0.39 is 12.9 Å². The van der Waals surface area contributed by atoms with Crippen LogP contribution >= 0.6 is 7.82 Å². The van der Waals surface area contributed by atoms with Crippen molar-refractivity contribution in [3.05, 3.63) is 15.3 Å². The van der Waals surface area contributed by atoms with E-state index in [1.54, 1.807) is 0 Å². The normalized spacial score (nSPS) is 6.92. The molecule has 0 bridgehead atoms. The molecule has 12 heavy (non-hydrogen) atoms. The van der Waals surface area contributed by atoms with Gasteiger partial charge in [0.15, 0.2) is 0 Å². The van der Waals surface area contributed by atoms with Gasteiger partial charge in [-0.1, -0.05) is 0 Å². The van der Waals surface area contributed by atoms with Gasteiger partial charge in [0.2, 0.25) is 0 Å². The molecule has 12 heteroatoms. The predicted molar refractivity (Wildman–Crippen MR) is 23.5 cm³/mol. The van der Waals surface area contributed by atoms with Crippen molar-refractivity contribution in [2.75, 3.05) is 0 Å². The Kier molecular flexibility index (Phi) is 43.8. The summed E-state index contributed by atoms with van der Waals surface area (Å²) in [5.74, 6) is 0. The molecule has 0 heterocycles. The second-order valence-electron chi connectivity index (χ2n) is 0.714. The molecule has 0 spiro atoms. The number of hydrogen-bond donors (Lipinski definition) is 2. The van der Waals surface area contributed by atoms with Crippen LogP contribution in [0.1, 0.15) is 1.43 Å². The van der Waals surface area contributed by atoms with Crippen molar-refractivity contribution in [2.45, 2.75) is 0 Å². The standard InChI is InChI=1S/3K.NO3.H3O4P.H/c;;;2-1(3)4;1-5(2,3)4;/h;;;;(H3,1,2,3,4);/q3*+1;-1;;-1/p-1. The maximum absolute atomic E-state index is 8.77. The van der Waals surface area contributed by atoms with E-state index in [2.05, 4.69) is 0 Å². The summed E-state index contributed by atoms with van der Waals surface area (Å²) in [6, 6.07) is 0. The first-order chi connectivity index (χ1) is 3.73. The predicted octanol–water partition coefficient (Wildman–Crippen LogP) is -10.7. The van der Waals surface area contributed by atoms with E-state index in [4.69, 9.17) is 34.6 Å². The molecule has 0 fully saturated rings. The Morgan fingerprint density at radius 3 is 1.17 bits per heavy atom. The Bertz CT molecular complexity index is 123. The van der Waals surface area contributed by atoms with Crippen LogP contribution in [0.5, 0.6) is 0 Å². The fraction of sp³-hybridized carbons (Fsp3) is 0. The van der Waals surface area contributed by atoms with E-state index >= 15 is 0 Å². The third-order valence-electron chi connectivity index (χ3n) is 0. The monoisotopic (exact) mass is 277 g/mol. The minimum atomic E-state index is -4.89. The van der Waals surface area contributed by atoms with E-state index in [1.165, 1.54) is 0 Å². The molecular formula is H3K3NO7P. The van der Waals surface area contributed by atoms with Crippen LogP contribution in [0, 0.1) is 15.3 Å². The van der Waals surface area contributed by atoms with Gasteiger partial charge in [-0.2, -0.15) is 0 Å². The SMILES string of the molecule is O=P([O-])(O)O.O=[N+]([O-])[O-].[H-].[K+].[K+].[K+]. The molecule has 0 atom stereocenters. The van der Waals surface area contributed by atoms with Gasteiger partial charge in [0, 0.05) is 0 Å². The minimum Gasteiger partial charge on any atom is -1.00 e. The van der Waals surface area contributed by atoms with Crippen LogP contribution in [0.2, 0.25) is 0 Å². The van der Waals surface area contributed by atoms with Crippen LogP contribution in [-0.4, -0.2) is 14.9 Å². The zero-order valence-corrected chi connectivity index (χ0v) is 17.1. The summed E-state index contributed by atoms with van der Waals surface area (Å²) in [4.78, 5) is 31.2. The molecule has 0 saturated heterocycles. The van der Waals surface area contributed by atoms with Crippen molar-refractivity contribution < 1.29 is 180 Å². The van der Waals surface area contributed by atoms with E-state index in [-0.39, 0.29) is 156 Å². The van der Waals surface area contributed by atoms with Crippen LogP contribution in [0.15, 0.2) is 0 Å². The van der Waals surface area contributed by atoms with Gasteiger partial charge < -0.3 is 31.4 Å². The Morgan fingerprint density at radius 2 is 1.17 bits per heavy atom. The van der Waals surface area contributed by atoms with Gasteiger partial charge in [-0.3, -0.25) is 4.57 Å². The molecule has 0 saturated carbocycles. The largest absolute Gasteiger partial charge is 1.00 e. The summed E-state index contributed by atoms with van der Waals surface area (Å²) in [7, 11) is -4.89. The van der Waals surface area contributed by atoms with Crippen molar-refractivity contribution in [1.82, 2.24) is 0 Å². The van der Waals surface area contributed by atoms with Crippen molar-refractivity contribution >= 4 is 7.82 Å². The Hall–Kier alpha value is 4.22. The first kappa shape index (κ1) is 29.8. The van der Waals surface area contributed by atoms with Gasteiger partial charge in [0.05, 0.1) is 5.09 Å². The van der Waals surface area contributed by atoms with Gasteiger partial charge in [-0.05, 0) is 0 Å². The van der Waals surface area contributed by atoms with Gasteiger partial charge in [-0.15, -0.1) is 0 Å². The summed E-state index contributed by atoms with van der Waals surface area (Å²) < 4.78 is 8.77. The Balaban J connectivity index is -0.0000000146. The van der Waals surface area contributed by atoms with Crippen LogP contribution < -0.4 is 159 Å². The fourth-order valence-corrected chi connectivity index (χ4v) is 0. The van der Waals surface area contributed by atoms with Gasteiger partial charge in [0.1, 0.15) is 0 Å². The van der Waals surface area contributed by atoms with Crippen LogP contribution in [0.25, 0.3) is 0 Å². The van der Waals surface area contributed by atoms with Gasteiger partial charge in [0.25, 0.3) is 7.82 Å². The molecule has 0 radical (unpaired) electrons. The molecule has 0 aliphatic carbocycles. The molecule has 2 N–H and O–H groups in total. The molecule has 0 aromatic heterocycles. The molecule has 0 aliphatic heterocycles. The zero-order valence-electron chi connectivity index (χ0n) is 7.83. The van der Waals surface area contributed by atoms with Crippen molar-refractivity contribution in [3.63, 3.8) is 0 Å². The number of nitrogens with zero attached hydrogens (tertiary/aromatic N) is 1. The number of hydrogen-bond acceptors (Lipinski definition) is 5. The fourth-order valence-electron chi connectivity index (χ4n) is 0. The Morgan fingerprint density at radius 1 is 1.17 bits per heavy atom. The maximum Gasteiger partial charge on any atom is 1.00 e. The number of phosphoric acid groups is 1. The van der Waals surface area contributed by atoms with Crippen LogP contribution in [-0.2, 0) is 4.57 Å². The first-order valence-electron chi connectivity index (χ1n) is 1.31. The van der Waals surface area contributed by atoms with Gasteiger partial charge in [-0.25, -0.2) is 0 Å². The average molecular weight is 277 g/mol. The summed E-state index contributed by atoms with van der Waals surface area (Å²) in [5, 5.41) is 14.8. The van der Waals surface area contributed by atoms with Gasteiger partial charge >= 0.3 is 154 Å². The zero-order chi connectivity index (χ0) is 8.08. The molecule has 0 amide bonds. The second-order valence-corrected chi connectivity index (χ2v) is 1.70. The van der Waals surface area contributed by atoms with E-state index in [0.29, 0.717) is 0 Å². The van der Waals surface area contributed by atoms with E-state index in [9.17, 15) is 0 Å². The maximum atomic E-state index is 8.77. The van der Waals surface area contributed by atoms with Crippen molar-refractivity contribution in [3.8, 4) is 0 Å². The molecule has 0 rings (SSSR count). The molecule has 58 valence electrons. The smallest absolute Gasteiger partial charge is 1.00 e. The molecule has 8 nitrogen and oxygen atoms in total. The molecular weight excluding hydrogens is 274 g/mol. The number of rotatable bonds is 0. The average Bonchev–Trinajstić information content (AvgIpc) is 1.19. The summed E-state index contributed by atoms with van der Waals surface area (Å²) >= 11 is 0. The minimum absolute atomic E-state index is 0. The second kappa shape index (κ2) is 17.6. The van der Waals surface area contributed by atoms with Crippen molar-refractivity contribution in [2.24, 2.45) is 0 Å². The molecule has 0 aromatic rings. The third kappa shape index (κ3) is 140. The van der Waals surface area contributed by atoms with Crippen molar-refractivity contribution in [1.29, 1.82) is 0 Å². The molecule has 0 aliphatic rings. The molecule has 0 unspecified atom stereocenters. The van der Waals surface area contributed by atoms with Crippen LogP contribution in [0.4, 0.5) is 0 Å². The summed E-state index contributed by atoms with van der Waals surface area (Å²) in [5.41, 5.74) is 0. The first-order valence-corrected chi connectivity index (χ1v) is 2.84. The molecule has 0 aromatic carbocycles. The Labute approximate surface area is 197 Å². The summed E-state index contributed by atoms with van der Waals surface area (Å²) in [6.07, 6.45) is 0. The topological polar surface area (TPSA) is 147 Å².